The van der Waals surface area contributed by atoms with Gasteiger partial charge in [-0.25, -0.2) is 0 Å². The maximum Gasteiger partial charge on any atom is 0.192 e. The van der Waals surface area contributed by atoms with Gasteiger partial charge in [0.1, 0.15) is 14.2 Å². The molecule has 166 valence electrons. The standard InChI is InChI=1S/C22H48O3Si3/c1-21(2,3)27(10,11)24-16-14-20(25-28(12,13)22(4,5)6)18-19(23)15-17-26(7,8)9/h19-20,23H,14,16,18H2,1-13H3/t19-,20+/m1/s1. The zero-order chi connectivity index (χ0) is 22.6. The Balaban J connectivity index is 5.22. The van der Waals surface area contributed by atoms with Crippen LogP contribution in [0.4, 0.5) is 0 Å². The van der Waals surface area contributed by atoms with Crippen LogP contribution in [0.5, 0.6) is 0 Å². The van der Waals surface area contributed by atoms with Crippen LogP contribution in [-0.2, 0) is 8.85 Å². The summed E-state index contributed by atoms with van der Waals surface area (Å²) >= 11 is 0. The lowest BCUT2D eigenvalue weighted by atomic mass is 10.1. The Hall–Kier alpha value is 0.0906. The van der Waals surface area contributed by atoms with Crippen molar-refractivity contribution in [3.8, 4) is 11.5 Å². The average Bonchev–Trinajstić information content (AvgIpc) is 2.41. The molecule has 0 aromatic carbocycles. The van der Waals surface area contributed by atoms with Crippen molar-refractivity contribution in [2.45, 2.75) is 122 Å². The molecular weight excluding hydrogens is 396 g/mol. The molecule has 0 aromatic rings. The number of hydrogen-bond acceptors (Lipinski definition) is 3. The second-order valence-electron chi connectivity index (χ2n) is 12.2. The minimum atomic E-state index is -1.92. The SMILES string of the molecule is CC(C)(C)[Si](C)(C)OCC[C@@H](C[C@H](O)C#C[Si](C)(C)C)O[Si](C)(C)C(C)(C)C. The van der Waals surface area contributed by atoms with Crippen molar-refractivity contribution in [2.75, 3.05) is 6.61 Å². The van der Waals surface area contributed by atoms with E-state index in [0.717, 1.165) is 6.42 Å². The zero-order valence-corrected chi connectivity index (χ0v) is 24.0. The Morgan fingerprint density at radius 3 is 1.68 bits per heavy atom. The molecule has 0 unspecified atom stereocenters. The fraction of sp³-hybridized carbons (Fsp3) is 0.909. The molecule has 0 rings (SSSR count). The van der Waals surface area contributed by atoms with E-state index in [2.05, 4.69) is 98.8 Å². The van der Waals surface area contributed by atoms with Crippen LogP contribution < -0.4 is 0 Å². The van der Waals surface area contributed by atoms with Crippen LogP contribution in [0.25, 0.3) is 0 Å². The first-order valence-corrected chi connectivity index (χ1v) is 20.0. The Morgan fingerprint density at radius 2 is 1.29 bits per heavy atom. The highest BCUT2D eigenvalue weighted by molar-refractivity contribution is 6.83. The molecule has 0 amide bonds. The van der Waals surface area contributed by atoms with Crippen LogP contribution in [0.1, 0.15) is 54.4 Å². The quantitative estimate of drug-likeness (QED) is 0.347. The van der Waals surface area contributed by atoms with Crippen LogP contribution in [0.15, 0.2) is 0 Å². The van der Waals surface area contributed by atoms with E-state index >= 15 is 0 Å². The molecule has 2 atom stereocenters. The predicted octanol–water partition coefficient (Wildman–Crippen LogP) is 6.42. The highest BCUT2D eigenvalue weighted by Crippen LogP contribution is 2.39. The minimum Gasteiger partial charge on any atom is -0.417 e. The van der Waals surface area contributed by atoms with Gasteiger partial charge in [0.25, 0.3) is 0 Å². The van der Waals surface area contributed by atoms with Crippen molar-refractivity contribution in [3.05, 3.63) is 0 Å². The predicted molar refractivity (Wildman–Crippen MR) is 132 cm³/mol. The largest absolute Gasteiger partial charge is 0.417 e. The van der Waals surface area contributed by atoms with Gasteiger partial charge in [0, 0.05) is 13.0 Å². The van der Waals surface area contributed by atoms with Gasteiger partial charge in [0.15, 0.2) is 16.6 Å². The summed E-state index contributed by atoms with van der Waals surface area (Å²) in [5.74, 6) is 3.08. The smallest absolute Gasteiger partial charge is 0.192 e. The van der Waals surface area contributed by atoms with Crippen LogP contribution in [0.2, 0.25) is 55.9 Å². The lowest BCUT2D eigenvalue weighted by molar-refractivity contribution is 0.0935. The molecular formula is C22H48O3Si3. The maximum absolute atomic E-state index is 10.5. The summed E-state index contributed by atoms with van der Waals surface area (Å²) in [6.07, 6.45) is 0.723. The van der Waals surface area contributed by atoms with Gasteiger partial charge >= 0.3 is 0 Å². The molecule has 0 aliphatic heterocycles. The summed E-state index contributed by atoms with van der Waals surface area (Å²) < 4.78 is 13.0. The van der Waals surface area contributed by atoms with E-state index in [1.54, 1.807) is 0 Å². The van der Waals surface area contributed by atoms with E-state index in [0.29, 0.717) is 13.0 Å². The van der Waals surface area contributed by atoms with E-state index in [-0.39, 0.29) is 16.2 Å². The second kappa shape index (κ2) is 9.93. The van der Waals surface area contributed by atoms with Crippen LogP contribution >= 0.6 is 0 Å². The summed E-state index contributed by atoms with van der Waals surface area (Å²) in [5.41, 5.74) is 3.29. The number of aliphatic hydroxyl groups is 1. The van der Waals surface area contributed by atoms with Crippen LogP contribution in [0, 0.1) is 11.5 Å². The lowest BCUT2D eigenvalue weighted by Crippen LogP contribution is -2.45. The molecule has 0 aliphatic rings. The molecule has 0 saturated heterocycles. The summed E-state index contributed by atoms with van der Waals surface area (Å²) in [7, 11) is -5.19. The molecule has 6 heteroatoms. The summed E-state index contributed by atoms with van der Waals surface area (Å²) in [6, 6.07) is 0. The Bertz CT molecular complexity index is 541. The van der Waals surface area contributed by atoms with E-state index in [1.165, 1.54) is 0 Å². The highest BCUT2D eigenvalue weighted by atomic mass is 28.4. The van der Waals surface area contributed by atoms with Crippen molar-refractivity contribution in [2.24, 2.45) is 0 Å². The van der Waals surface area contributed by atoms with Gasteiger partial charge in [-0.3, -0.25) is 0 Å². The first-order valence-electron chi connectivity index (χ1n) is 10.7. The third-order valence-electron chi connectivity index (χ3n) is 6.08. The van der Waals surface area contributed by atoms with Gasteiger partial charge < -0.3 is 14.0 Å². The molecule has 0 saturated carbocycles. The fourth-order valence-corrected chi connectivity index (χ4v) is 5.15. The van der Waals surface area contributed by atoms with Gasteiger partial charge in [-0.15, -0.1) is 5.54 Å². The molecule has 3 nitrogen and oxygen atoms in total. The first kappa shape index (κ1) is 28.1. The molecule has 0 radical (unpaired) electrons. The number of aliphatic hydroxyl groups excluding tert-OH is 1. The van der Waals surface area contributed by atoms with Crippen molar-refractivity contribution < 1.29 is 14.0 Å². The van der Waals surface area contributed by atoms with Crippen LogP contribution in [0.3, 0.4) is 0 Å². The monoisotopic (exact) mass is 444 g/mol. The van der Waals surface area contributed by atoms with Gasteiger partial charge in [-0.05, 0) is 42.7 Å². The Kier molecular flexibility index (Phi) is 9.96. The van der Waals surface area contributed by atoms with Crippen molar-refractivity contribution in [1.82, 2.24) is 0 Å². The van der Waals surface area contributed by atoms with Crippen molar-refractivity contribution in [1.29, 1.82) is 0 Å². The first-order chi connectivity index (χ1) is 12.2. The van der Waals surface area contributed by atoms with E-state index in [9.17, 15) is 5.11 Å². The summed E-state index contributed by atoms with van der Waals surface area (Å²) in [5, 5.41) is 10.9. The van der Waals surface area contributed by atoms with Gasteiger partial charge in [-0.1, -0.05) is 67.1 Å². The van der Waals surface area contributed by atoms with Gasteiger partial charge in [-0.2, -0.15) is 0 Å². The molecule has 1 N–H and O–H groups in total. The number of rotatable bonds is 8. The molecule has 0 fully saturated rings. The van der Waals surface area contributed by atoms with Gasteiger partial charge in [0.2, 0.25) is 0 Å². The normalized spacial score (nSPS) is 16.4. The fourth-order valence-electron chi connectivity index (χ4n) is 2.09. The molecule has 0 heterocycles. The van der Waals surface area contributed by atoms with E-state index in [4.69, 9.17) is 8.85 Å². The molecule has 28 heavy (non-hydrogen) atoms. The Labute approximate surface area is 179 Å². The third kappa shape index (κ3) is 10.2. The van der Waals surface area contributed by atoms with E-state index < -0.39 is 30.8 Å². The average molecular weight is 445 g/mol. The van der Waals surface area contributed by atoms with Crippen molar-refractivity contribution >= 4 is 24.7 Å². The highest BCUT2D eigenvalue weighted by Gasteiger charge is 2.40. The molecule has 0 bridgehead atoms. The van der Waals surface area contributed by atoms with E-state index in [1.807, 2.05) is 0 Å². The summed E-state index contributed by atoms with van der Waals surface area (Å²) in [4.78, 5) is 0. The molecule has 0 aromatic heterocycles. The molecule has 0 spiro atoms. The topological polar surface area (TPSA) is 38.7 Å². The van der Waals surface area contributed by atoms with Gasteiger partial charge in [0.05, 0.1) is 6.10 Å². The zero-order valence-electron chi connectivity index (χ0n) is 21.0. The molecule has 0 aliphatic carbocycles. The number of hydrogen-bond donors (Lipinski definition) is 1. The van der Waals surface area contributed by atoms with Crippen LogP contribution in [-0.4, -0.2) is 48.6 Å². The van der Waals surface area contributed by atoms with Crippen molar-refractivity contribution in [3.63, 3.8) is 0 Å². The Morgan fingerprint density at radius 1 is 0.821 bits per heavy atom. The third-order valence-corrected chi connectivity index (χ3v) is 16.0. The maximum atomic E-state index is 10.5. The second-order valence-corrected chi connectivity index (χ2v) is 26.5. The minimum absolute atomic E-state index is 0.0170. The lowest BCUT2D eigenvalue weighted by Gasteiger charge is -2.40. The summed E-state index contributed by atoms with van der Waals surface area (Å²) in [6.45, 7) is 29.9.